The van der Waals surface area contributed by atoms with Gasteiger partial charge in [-0.3, -0.25) is 4.90 Å². The molecule has 1 aromatic carbocycles. The van der Waals surface area contributed by atoms with Gasteiger partial charge in [-0.25, -0.2) is 4.79 Å². The zero-order valence-corrected chi connectivity index (χ0v) is 9.23. The van der Waals surface area contributed by atoms with Crippen LogP contribution in [0.15, 0.2) is 24.3 Å². The first-order valence-corrected chi connectivity index (χ1v) is 5.23. The van der Waals surface area contributed by atoms with Crippen molar-refractivity contribution in [2.45, 2.75) is 26.7 Å². The Morgan fingerprint density at radius 1 is 1.40 bits per heavy atom. The maximum absolute atomic E-state index is 11.1. The van der Waals surface area contributed by atoms with Crippen LogP contribution in [0.5, 0.6) is 0 Å². The summed E-state index contributed by atoms with van der Waals surface area (Å²) in [4.78, 5) is 12.5. The SMILES string of the molecule is CCCCN(C(=O)O)c1ccccc1C. The number of carboxylic acid groups (broad SMARTS) is 1. The Morgan fingerprint density at radius 3 is 2.60 bits per heavy atom. The van der Waals surface area contributed by atoms with E-state index < -0.39 is 6.09 Å². The van der Waals surface area contributed by atoms with Crippen molar-refractivity contribution in [3.05, 3.63) is 29.8 Å². The minimum Gasteiger partial charge on any atom is -0.465 e. The molecule has 1 amide bonds. The molecule has 1 rings (SSSR count). The highest BCUT2D eigenvalue weighted by Crippen LogP contribution is 2.19. The van der Waals surface area contributed by atoms with Gasteiger partial charge >= 0.3 is 6.09 Å². The van der Waals surface area contributed by atoms with Crippen LogP contribution in [0.3, 0.4) is 0 Å². The second-order valence-corrected chi connectivity index (χ2v) is 3.57. The molecule has 3 nitrogen and oxygen atoms in total. The molecule has 0 heterocycles. The van der Waals surface area contributed by atoms with Crippen molar-refractivity contribution in [1.82, 2.24) is 0 Å². The molecule has 0 atom stereocenters. The average Bonchev–Trinajstić information content (AvgIpc) is 2.20. The van der Waals surface area contributed by atoms with Crippen LogP contribution in [0.1, 0.15) is 25.3 Å². The number of rotatable bonds is 4. The monoisotopic (exact) mass is 207 g/mol. The van der Waals surface area contributed by atoms with Gasteiger partial charge in [0, 0.05) is 12.2 Å². The summed E-state index contributed by atoms with van der Waals surface area (Å²) in [7, 11) is 0. The van der Waals surface area contributed by atoms with Crippen molar-refractivity contribution >= 4 is 11.8 Å². The molecular weight excluding hydrogens is 190 g/mol. The van der Waals surface area contributed by atoms with Crippen LogP contribution in [0, 0.1) is 6.92 Å². The number of hydrogen-bond donors (Lipinski definition) is 1. The molecule has 0 aliphatic rings. The summed E-state index contributed by atoms with van der Waals surface area (Å²) in [5.41, 5.74) is 1.79. The molecule has 0 saturated heterocycles. The van der Waals surface area contributed by atoms with E-state index >= 15 is 0 Å². The van der Waals surface area contributed by atoms with Gasteiger partial charge < -0.3 is 5.11 Å². The van der Waals surface area contributed by atoms with Gasteiger partial charge in [0.2, 0.25) is 0 Å². The molecular formula is C12H17NO2. The lowest BCUT2D eigenvalue weighted by Gasteiger charge is -2.20. The van der Waals surface area contributed by atoms with Gasteiger partial charge in [0.25, 0.3) is 0 Å². The molecule has 1 aromatic rings. The number of nitrogens with zero attached hydrogens (tertiary/aromatic N) is 1. The Morgan fingerprint density at radius 2 is 2.07 bits per heavy atom. The molecule has 1 N–H and O–H groups in total. The number of anilines is 1. The minimum atomic E-state index is -0.877. The Labute approximate surface area is 90.3 Å². The smallest absolute Gasteiger partial charge is 0.411 e. The van der Waals surface area contributed by atoms with E-state index in [1.165, 1.54) is 4.90 Å². The van der Waals surface area contributed by atoms with E-state index in [0.29, 0.717) is 6.54 Å². The summed E-state index contributed by atoms with van der Waals surface area (Å²) in [5.74, 6) is 0. The normalized spacial score (nSPS) is 10.0. The topological polar surface area (TPSA) is 40.5 Å². The lowest BCUT2D eigenvalue weighted by molar-refractivity contribution is 0.201. The quantitative estimate of drug-likeness (QED) is 0.823. The van der Waals surface area contributed by atoms with Crippen LogP contribution in [0.4, 0.5) is 10.5 Å². The zero-order valence-electron chi connectivity index (χ0n) is 9.23. The fourth-order valence-electron chi connectivity index (χ4n) is 1.50. The number of para-hydroxylation sites is 1. The predicted molar refractivity (Wildman–Crippen MR) is 61.5 cm³/mol. The van der Waals surface area contributed by atoms with Crippen LogP contribution in [-0.4, -0.2) is 17.7 Å². The molecule has 0 aliphatic heterocycles. The van der Waals surface area contributed by atoms with Gasteiger partial charge in [-0.15, -0.1) is 0 Å². The van der Waals surface area contributed by atoms with Gasteiger partial charge in [-0.05, 0) is 25.0 Å². The van der Waals surface area contributed by atoms with Crippen molar-refractivity contribution in [2.24, 2.45) is 0 Å². The first-order chi connectivity index (χ1) is 7.16. The van der Waals surface area contributed by atoms with Crippen molar-refractivity contribution in [3.8, 4) is 0 Å². The first kappa shape index (κ1) is 11.6. The number of carbonyl (C=O) groups is 1. The second-order valence-electron chi connectivity index (χ2n) is 3.57. The molecule has 0 spiro atoms. The van der Waals surface area contributed by atoms with Crippen LogP contribution >= 0.6 is 0 Å². The average molecular weight is 207 g/mol. The summed E-state index contributed by atoms with van der Waals surface area (Å²) >= 11 is 0. The summed E-state index contributed by atoms with van der Waals surface area (Å²) < 4.78 is 0. The molecule has 82 valence electrons. The number of aryl methyl sites for hydroxylation is 1. The molecule has 0 saturated carbocycles. The maximum Gasteiger partial charge on any atom is 0.411 e. The van der Waals surface area contributed by atoms with Gasteiger partial charge in [-0.2, -0.15) is 0 Å². The van der Waals surface area contributed by atoms with E-state index in [9.17, 15) is 4.79 Å². The van der Waals surface area contributed by atoms with Gasteiger partial charge in [0.1, 0.15) is 0 Å². The van der Waals surface area contributed by atoms with Crippen LogP contribution < -0.4 is 4.90 Å². The fraction of sp³-hybridized carbons (Fsp3) is 0.417. The number of hydrogen-bond acceptors (Lipinski definition) is 1. The van der Waals surface area contributed by atoms with Crippen molar-refractivity contribution in [1.29, 1.82) is 0 Å². The summed E-state index contributed by atoms with van der Waals surface area (Å²) in [6.45, 7) is 4.55. The lowest BCUT2D eigenvalue weighted by atomic mass is 10.2. The predicted octanol–water partition coefficient (Wildman–Crippen LogP) is 3.28. The Bertz CT molecular complexity index is 336. The second kappa shape index (κ2) is 5.39. The van der Waals surface area contributed by atoms with Crippen molar-refractivity contribution in [3.63, 3.8) is 0 Å². The van der Waals surface area contributed by atoms with Crippen LogP contribution in [0.25, 0.3) is 0 Å². The minimum absolute atomic E-state index is 0.566. The highest BCUT2D eigenvalue weighted by molar-refractivity contribution is 5.86. The van der Waals surface area contributed by atoms with Crippen LogP contribution in [-0.2, 0) is 0 Å². The standard InChI is InChI=1S/C12H17NO2/c1-3-4-9-13(12(14)15)11-8-6-5-7-10(11)2/h5-8H,3-4,9H2,1-2H3,(H,14,15). The number of amides is 1. The van der Waals surface area contributed by atoms with E-state index in [0.717, 1.165) is 24.1 Å². The molecule has 15 heavy (non-hydrogen) atoms. The number of unbranched alkanes of at least 4 members (excludes halogenated alkanes) is 1. The summed E-state index contributed by atoms with van der Waals surface area (Å²) in [5, 5.41) is 9.10. The Balaban J connectivity index is 2.89. The molecule has 0 bridgehead atoms. The largest absolute Gasteiger partial charge is 0.465 e. The van der Waals surface area contributed by atoms with Crippen LogP contribution in [0.2, 0.25) is 0 Å². The molecule has 0 fully saturated rings. The third-order valence-electron chi connectivity index (χ3n) is 2.37. The highest BCUT2D eigenvalue weighted by atomic mass is 16.4. The molecule has 0 aliphatic carbocycles. The van der Waals surface area contributed by atoms with Gasteiger partial charge in [0.15, 0.2) is 0 Å². The zero-order chi connectivity index (χ0) is 11.3. The van der Waals surface area contributed by atoms with Gasteiger partial charge in [-0.1, -0.05) is 31.5 Å². The third kappa shape index (κ3) is 2.98. The lowest BCUT2D eigenvalue weighted by Crippen LogP contribution is -2.30. The molecule has 0 radical (unpaired) electrons. The Kier molecular flexibility index (Phi) is 4.16. The van der Waals surface area contributed by atoms with E-state index in [1.54, 1.807) is 0 Å². The van der Waals surface area contributed by atoms with E-state index in [1.807, 2.05) is 31.2 Å². The molecule has 3 heteroatoms. The molecule has 0 aromatic heterocycles. The van der Waals surface area contributed by atoms with E-state index in [2.05, 4.69) is 6.92 Å². The molecule has 0 unspecified atom stereocenters. The third-order valence-corrected chi connectivity index (χ3v) is 2.37. The summed E-state index contributed by atoms with van der Waals surface area (Å²) in [6.07, 6.45) is 1.01. The fourth-order valence-corrected chi connectivity index (χ4v) is 1.50. The maximum atomic E-state index is 11.1. The van der Waals surface area contributed by atoms with E-state index in [4.69, 9.17) is 5.11 Å². The van der Waals surface area contributed by atoms with Crippen molar-refractivity contribution in [2.75, 3.05) is 11.4 Å². The highest BCUT2D eigenvalue weighted by Gasteiger charge is 2.14. The number of benzene rings is 1. The van der Waals surface area contributed by atoms with Gasteiger partial charge in [0.05, 0.1) is 0 Å². The Hall–Kier alpha value is -1.51. The van der Waals surface area contributed by atoms with Crippen molar-refractivity contribution < 1.29 is 9.90 Å². The first-order valence-electron chi connectivity index (χ1n) is 5.23. The van der Waals surface area contributed by atoms with E-state index in [-0.39, 0.29) is 0 Å². The summed E-state index contributed by atoms with van der Waals surface area (Å²) in [6, 6.07) is 7.55.